The van der Waals surface area contributed by atoms with Gasteiger partial charge in [-0.25, -0.2) is 8.78 Å². The highest BCUT2D eigenvalue weighted by Gasteiger charge is 2.12. The first-order chi connectivity index (χ1) is 10.6. The van der Waals surface area contributed by atoms with Crippen molar-refractivity contribution >= 4 is 17.4 Å². The Morgan fingerprint density at radius 2 is 2.05 bits per heavy atom. The lowest BCUT2D eigenvalue weighted by Crippen LogP contribution is -2.20. The summed E-state index contributed by atoms with van der Waals surface area (Å²) in [5.41, 5.74) is -0.307. The van der Waals surface area contributed by atoms with E-state index in [1.54, 1.807) is 0 Å². The summed E-state index contributed by atoms with van der Waals surface area (Å²) in [6.07, 6.45) is 2.93. The second-order valence-corrected chi connectivity index (χ2v) is 5.14. The van der Waals surface area contributed by atoms with E-state index in [0.717, 1.165) is 28.5 Å². The zero-order chi connectivity index (χ0) is 15.7. The van der Waals surface area contributed by atoms with Gasteiger partial charge in [0.1, 0.15) is 0 Å². The molecule has 9 heteroatoms. The number of hydrogen-bond donors (Lipinski definition) is 0. The molecule has 22 heavy (non-hydrogen) atoms. The van der Waals surface area contributed by atoms with E-state index in [9.17, 15) is 13.6 Å². The predicted molar refractivity (Wildman–Crippen MR) is 74.8 cm³/mol. The molecule has 0 fully saturated rings. The van der Waals surface area contributed by atoms with Gasteiger partial charge in [0.2, 0.25) is 5.65 Å². The van der Waals surface area contributed by atoms with E-state index in [4.69, 9.17) is 5.26 Å². The van der Waals surface area contributed by atoms with Crippen molar-refractivity contribution in [1.29, 1.82) is 5.26 Å². The fourth-order valence-electron chi connectivity index (χ4n) is 1.90. The van der Waals surface area contributed by atoms with Crippen molar-refractivity contribution in [1.82, 2.24) is 19.2 Å². The highest BCUT2D eigenvalue weighted by Crippen LogP contribution is 2.16. The monoisotopic (exact) mass is 319 g/mol. The highest BCUT2D eigenvalue weighted by atomic mass is 32.2. The molecule has 0 spiro atoms. The average molecular weight is 319 g/mol. The number of hydrogen-bond acceptors (Lipinski definition) is 5. The van der Waals surface area contributed by atoms with Gasteiger partial charge in [-0.1, -0.05) is 11.8 Å². The third-order valence-corrected chi connectivity index (χ3v) is 3.70. The average Bonchev–Trinajstić information content (AvgIpc) is 2.92. The Balaban J connectivity index is 2.13. The summed E-state index contributed by atoms with van der Waals surface area (Å²) in [6, 6.07) is 5.11. The lowest BCUT2D eigenvalue weighted by molar-refractivity contribution is 0.508. The van der Waals surface area contributed by atoms with Crippen LogP contribution in [0.3, 0.4) is 0 Å². The Bertz CT molecular complexity index is 959. The topological polar surface area (TPSA) is 76.0 Å². The van der Waals surface area contributed by atoms with Crippen LogP contribution in [-0.2, 0) is 0 Å². The van der Waals surface area contributed by atoms with Crippen molar-refractivity contribution in [3.8, 4) is 11.8 Å². The first-order valence-electron chi connectivity index (χ1n) is 6.03. The van der Waals surface area contributed by atoms with Gasteiger partial charge in [0.05, 0.1) is 17.5 Å². The molecule has 2 aromatic heterocycles. The lowest BCUT2D eigenvalue weighted by Gasteiger charge is -2.06. The van der Waals surface area contributed by atoms with Crippen molar-refractivity contribution in [3.05, 3.63) is 52.6 Å². The fourth-order valence-corrected chi connectivity index (χ4v) is 2.48. The van der Waals surface area contributed by atoms with Gasteiger partial charge in [-0.2, -0.15) is 5.26 Å². The Morgan fingerprint density at radius 1 is 1.23 bits per heavy atom. The number of rotatable bonds is 3. The van der Waals surface area contributed by atoms with Crippen LogP contribution in [0.15, 0.2) is 40.5 Å². The van der Waals surface area contributed by atoms with Crippen LogP contribution in [0.1, 0.15) is 0 Å². The molecular formula is C13H7F2N5OS. The summed E-state index contributed by atoms with van der Waals surface area (Å²) >= 11 is 1.14. The molecule has 0 radical (unpaired) electrons. The Kier molecular flexibility index (Phi) is 3.60. The number of aromatic nitrogens is 4. The van der Waals surface area contributed by atoms with E-state index in [1.807, 2.05) is 6.07 Å². The molecule has 3 rings (SSSR count). The van der Waals surface area contributed by atoms with Crippen molar-refractivity contribution in [3.63, 3.8) is 0 Å². The van der Waals surface area contributed by atoms with E-state index in [2.05, 4.69) is 10.2 Å². The number of halogens is 2. The van der Waals surface area contributed by atoms with E-state index >= 15 is 0 Å². The molecule has 0 saturated carbocycles. The van der Waals surface area contributed by atoms with Gasteiger partial charge in [0.25, 0.3) is 0 Å². The van der Waals surface area contributed by atoms with Crippen molar-refractivity contribution in [2.45, 2.75) is 5.16 Å². The van der Waals surface area contributed by atoms with Crippen molar-refractivity contribution in [2.24, 2.45) is 0 Å². The van der Waals surface area contributed by atoms with E-state index < -0.39 is 17.2 Å². The molecule has 0 aliphatic rings. The van der Waals surface area contributed by atoms with Crippen LogP contribution >= 0.6 is 11.8 Å². The van der Waals surface area contributed by atoms with Gasteiger partial charge >= 0.3 is 5.56 Å². The van der Waals surface area contributed by atoms with Gasteiger partial charge in [-0.05, 0) is 12.1 Å². The molecular weight excluding hydrogens is 312 g/mol. The van der Waals surface area contributed by atoms with Gasteiger partial charge < -0.3 is 0 Å². The Hall–Kier alpha value is -2.73. The minimum absolute atomic E-state index is 0.0349. The van der Waals surface area contributed by atoms with E-state index in [0.29, 0.717) is 5.16 Å². The molecule has 2 heterocycles. The van der Waals surface area contributed by atoms with Crippen LogP contribution in [0.5, 0.6) is 0 Å². The van der Waals surface area contributed by atoms with Gasteiger partial charge in [-0.3, -0.25) is 13.8 Å². The largest absolute Gasteiger partial charge is 0.300 e. The van der Waals surface area contributed by atoms with Crippen LogP contribution in [0, 0.1) is 23.0 Å². The quantitative estimate of drug-likeness (QED) is 0.688. The standard InChI is InChI=1S/C13H7F2N5OS/c14-9-2-1-8(7-10(9)15)19-4-5-20-11(12(19)21)17-18-13(20)22-6-3-16/h1-2,4-5,7H,6H2. The molecule has 0 unspecified atom stereocenters. The molecule has 0 atom stereocenters. The molecule has 6 nitrogen and oxygen atoms in total. The Labute approximate surface area is 126 Å². The number of fused-ring (bicyclic) bond motifs is 1. The van der Waals surface area contributed by atoms with E-state index in [-0.39, 0.29) is 17.1 Å². The van der Waals surface area contributed by atoms with Crippen LogP contribution in [-0.4, -0.2) is 24.9 Å². The first-order valence-corrected chi connectivity index (χ1v) is 7.02. The van der Waals surface area contributed by atoms with Gasteiger partial charge in [0.15, 0.2) is 16.8 Å². The summed E-state index contributed by atoms with van der Waals surface area (Å²) in [5.74, 6) is -1.86. The maximum atomic E-state index is 13.3. The SMILES string of the molecule is N#CCSc1nnc2c(=O)n(-c3ccc(F)c(F)c3)ccn12. The number of benzene rings is 1. The molecule has 110 valence electrons. The maximum absolute atomic E-state index is 13.3. The molecule has 0 bridgehead atoms. The van der Waals surface area contributed by atoms with Crippen molar-refractivity contribution < 1.29 is 8.78 Å². The summed E-state index contributed by atoms with van der Waals surface area (Å²) < 4.78 is 28.9. The minimum Gasteiger partial charge on any atom is -0.279 e. The minimum atomic E-state index is -1.05. The van der Waals surface area contributed by atoms with E-state index in [1.165, 1.54) is 22.9 Å². The number of nitriles is 1. The molecule has 1 aromatic carbocycles. The zero-order valence-electron chi connectivity index (χ0n) is 10.9. The molecule has 0 aliphatic heterocycles. The van der Waals surface area contributed by atoms with Crippen LogP contribution < -0.4 is 5.56 Å². The van der Waals surface area contributed by atoms with Crippen LogP contribution in [0.25, 0.3) is 11.3 Å². The second kappa shape index (κ2) is 5.57. The number of nitrogens with zero attached hydrogens (tertiary/aromatic N) is 5. The van der Waals surface area contributed by atoms with Crippen molar-refractivity contribution in [2.75, 3.05) is 5.75 Å². The first kappa shape index (κ1) is 14.2. The molecule has 0 amide bonds. The second-order valence-electron chi connectivity index (χ2n) is 4.19. The Morgan fingerprint density at radius 3 is 2.77 bits per heavy atom. The summed E-state index contributed by atoms with van der Waals surface area (Å²) in [5, 5.41) is 16.6. The summed E-state index contributed by atoms with van der Waals surface area (Å²) in [6.45, 7) is 0. The summed E-state index contributed by atoms with van der Waals surface area (Å²) in [4.78, 5) is 12.4. The van der Waals surface area contributed by atoms with Gasteiger partial charge in [0, 0.05) is 18.5 Å². The maximum Gasteiger partial charge on any atom is 0.300 e. The van der Waals surface area contributed by atoms with Gasteiger partial charge in [-0.15, -0.1) is 10.2 Å². The number of thioether (sulfide) groups is 1. The lowest BCUT2D eigenvalue weighted by atomic mass is 10.3. The molecule has 0 aliphatic carbocycles. The highest BCUT2D eigenvalue weighted by molar-refractivity contribution is 7.99. The third-order valence-electron chi connectivity index (χ3n) is 2.89. The molecule has 0 N–H and O–H groups in total. The smallest absolute Gasteiger partial charge is 0.279 e. The predicted octanol–water partition coefficient (Wildman–Crippen LogP) is 1.77. The third kappa shape index (κ3) is 2.33. The van der Waals surface area contributed by atoms with Crippen LogP contribution in [0.2, 0.25) is 0 Å². The van der Waals surface area contributed by atoms with Crippen LogP contribution in [0.4, 0.5) is 8.78 Å². The molecule has 0 saturated heterocycles. The normalized spacial score (nSPS) is 10.8. The fraction of sp³-hybridized carbons (Fsp3) is 0.0769. The summed E-state index contributed by atoms with van der Waals surface area (Å²) in [7, 11) is 0. The molecule has 3 aromatic rings. The zero-order valence-corrected chi connectivity index (χ0v) is 11.7.